The van der Waals surface area contributed by atoms with Crippen molar-refractivity contribution in [2.45, 2.75) is 0 Å². The number of amides is 1. The van der Waals surface area contributed by atoms with Crippen LogP contribution >= 0.6 is 0 Å². The number of hydrogen-bond donors (Lipinski definition) is 2. The van der Waals surface area contributed by atoms with E-state index >= 15 is 0 Å². The molecule has 0 saturated heterocycles. The summed E-state index contributed by atoms with van der Waals surface area (Å²) in [6.45, 7) is 0. The van der Waals surface area contributed by atoms with E-state index in [1.54, 1.807) is 18.2 Å². The highest BCUT2D eigenvalue weighted by atomic mass is 19.1. The number of rotatable bonds is 5. The lowest BCUT2D eigenvalue weighted by molar-refractivity contribution is 0.0600. The number of halogens is 1. The molecule has 0 bridgehead atoms. The van der Waals surface area contributed by atoms with E-state index in [1.807, 2.05) is 0 Å². The lowest BCUT2D eigenvalue weighted by Crippen LogP contribution is -2.15. The Bertz CT molecular complexity index is 977. The van der Waals surface area contributed by atoms with Gasteiger partial charge in [-0.3, -0.25) is 4.79 Å². The number of nitrogens with one attached hydrogen (secondary N) is 2. The topological polar surface area (TPSA) is 93.2 Å². The zero-order chi connectivity index (χ0) is 19.2. The third-order valence-corrected chi connectivity index (χ3v) is 3.53. The van der Waals surface area contributed by atoms with Crippen molar-refractivity contribution in [2.24, 2.45) is 0 Å². The summed E-state index contributed by atoms with van der Waals surface area (Å²) in [6, 6.07) is 13.5. The van der Waals surface area contributed by atoms with Crippen LogP contribution in [0.2, 0.25) is 0 Å². The average molecular weight is 366 g/mol. The van der Waals surface area contributed by atoms with Crippen molar-refractivity contribution in [2.75, 3.05) is 17.7 Å². The van der Waals surface area contributed by atoms with E-state index in [2.05, 4.69) is 25.3 Å². The standard InChI is InChI=1S/C19H15FN4O3/c1-27-18(26)12-3-2-4-15(11-12)22-17(25)16-9-10-21-19(24-16)23-14-7-5-13(20)6-8-14/h2-11H,1H3,(H,22,25)(H,21,23,24). The van der Waals surface area contributed by atoms with Gasteiger partial charge in [-0.1, -0.05) is 6.07 Å². The Hall–Kier alpha value is -3.81. The van der Waals surface area contributed by atoms with Gasteiger partial charge in [0, 0.05) is 17.6 Å². The third-order valence-electron chi connectivity index (χ3n) is 3.53. The summed E-state index contributed by atoms with van der Waals surface area (Å²) in [5.74, 6) is -1.14. The van der Waals surface area contributed by atoms with Crippen molar-refractivity contribution in [3.05, 3.63) is 77.9 Å². The molecule has 2 N–H and O–H groups in total. The summed E-state index contributed by atoms with van der Waals surface area (Å²) in [5.41, 5.74) is 1.45. The van der Waals surface area contributed by atoms with Crippen molar-refractivity contribution in [3.8, 4) is 0 Å². The summed E-state index contributed by atoms with van der Waals surface area (Å²) in [7, 11) is 1.28. The Kier molecular flexibility index (Phi) is 5.36. The Morgan fingerprint density at radius 2 is 1.81 bits per heavy atom. The highest BCUT2D eigenvalue weighted by molar-refractivity contribution is 6.03. The molecule has 0 unspecified atom stereocenters. The molecule has 0 atom stereocenters. The molecule has 27 heavy (non-hydrogen) atoms. The molecule has 8 heteroatoms. The van der Waals surface area contributed by atoms with Gasteiger partial charge in [-0.25, -0.2) is 19.2 Å². The fourth-order valence-corrected chi connectivity index (χ4v) is 2.24. The van der Waals surface area contributed by atoms with E-state index in [1.165, 1.54) is 49.7 Å². The molecule has 1 amide bonds. The molecule has 7 nitrogen and oxygen atoms in total. The smallest absolute Gasteiger partial charge is 0.337 e. The summed E-state index contributed by atoms with van der Waals surface area (Å²) < 4.78 is 17.6. The van der Waals surface area contributed by atoms with E-state index in [0.717, 1.165) is 0 Å². The van der Waals surface area contributed by atoms with Crippen LogP contribution in [0.1, 0.15) is 20.8 Å². The fourth-order valence-electron chi connectivity index (χ4n) is 2.24. The maximum atomic E-state index is 13.0. The summed E-state index contributed by atoms with van der Waals surface area (Å²) in [5, 5.41) is 5.55. The van der Waals surface area contributed by atoms with Gasteiger partial charge < -0.3 is 15.4 Å². The van der Waals surface area contributed by atoms with Crippen molar-refractivity contribution in [1.29, 1.82) is 0 Å². The number of methoxy groups -OCH3 is 1. The molecule has 0 aliphatic rings. The molecule has 0 aliphatic heterocycles. The Labute approximate surface area is 154 Å². The second-order valence-electron chi connectivity index (χ2n) is 5.42. The van der Waals surface area contributed by atoms with Gasteiger partial charge in [-0.15, -0.1) is 0 Å². The van der Waals surface area contributed by atoms with Crippen LogP contribution in [-0.2, 0) is 4.74 Å². The molecule has 0 aliphatic carbocycles. The van der Waals surface area contributed by atoms with Crippen LogP contribution in [0.5, 0.6) is 0 Å². The second kappa shape index (κ2) is 8.05. The van der Waals surface area contributed by atoms with E-state index in [-0.39, 0.29) is 17.5 Å². The molecule has 0 spiro atoms. The molecule has 1 heterocycles. The van der Waals surface area contributed by atoms with Crippen LogP contribution in [0.15, 0.2) is 60.8 Å². The minimum absolute atomic E-state index is 0.123. The van der Waals surface area contributed by atoms with E-state index < -0.39 is 11.9 Å². The Morgan fingerprint density at radius 3 is 2.56 bits per heavy atom. The molecule has 0 saturated carbocycles. The van der Waals surface area contributed by atoms with Gasteiger partial charge in [-0.05, 0) is 48.5 Å². The highest BCUT2D eigenvalue weighted by Gasteiger charge is 2.11. The summed E-state index contributed by atoms with van der Waals surface area (Å²) >= 11 is 0. The zero-order valence-corrected chi connectivity index (χ0v) is 14.3. The Balaban J connectivity index is 1.73. The number of benzene rings is 2. The zero-order valence-electron chi connectivity index (χ0n) is 14.3. The number of hydrogen-bond acceptors (Lipinski definition) is 6. The minimum atomic E-state index is -0.501. The van der Waals surface area contributed by atoms with E-state index in [9.17, 15) is 14.0 Å². The number of carbonyl (C=O) groups excluding carboxylic acids is 2. The van der Waals surface area contributed by atoms with Crippen LogP contribution < -0.4 is 10.6 Å². The largest absolute Gasteiger partial charge is 0.465 e. The lowest BCUT2D eigenvalue weighted by atomic mass is 10.2. The van der Waals surface area contributed by atoms with Crippen LogP contribution in [0.4, 0.5) is 21.7 Å². The minimum Gasteiger partial charge on any atom is -0.465 e. The first-order chi connectivity index (χ1) is 13.0. The molecule has 3 rings (SSSR count). The molecule has 0 radical (unpaired) electrons. The van der Waals surface area contributed by atoms with Crippen LogP contribution in [0.25, 0.3) is 0 Å². The van der Waals surface area contributed by atoms with Crippen LogP contribution in [-0.4, -0.2) is 29.0 Å². The molecule has 0 fully saturated rings. The first-order valence-electron chi connectivity index (χ1n) is 7.90. The van der Waals surface area contributed by atoms with Gasteiger partial charge in [-0.2, -0.15) is 0 Å². The van der Waals surface area contributed by atoms with Crippen molar-refractivity contribution in [3.63, 3.8) is 0 Å². The SMILES string of the molecule is COC(=O)c1cccc(NC(=O)c2ccnc(Nc3ccc(F)cc3)n2)c1. The number of aromatic nitrogens is 2. The first-order valence-corrected chi connectivity index (χ1v) is 7.90. The maximum absolute atomic E-state index is 13.0. The predicted octanol–water partition coefficient (Wildman–Crippen LogP) is 3.40. The van der Waals surface area contributed by atoms with Gasteiger partial charge >= 0.3 is 5.97 Å². The third kappa shape index (κ3) is 4.63. The Morgan fingerprint density at radius 1 is 1.04 bits per heavy atom. The van der Waals surface area contributed by atoms with Crippen molar-refractivity contribution < 1.29 is 18.7 Å². The number of carbonyl (C=O) groups is 2. The molecule has 136 valence electrons. The molecular formula is C19H15FN4O3. The molecule has 2 aromatic carbocycles. The van der Waals surface area contributed by atoms with Gasteiger partial charge in [0.25, 0.3) is 5.91 Å². The number of nitrogens with zero attached hydrogens (tertiary/aromatic N) is 2. The van der Waals surface area contributed by atoms with Crippen LogP contribution in [0, 0.1) is 5.82 Å². The second-order valence-corrected chi connectivity index (χ2v) is 5.42. The molecule has 1 aromatic heterocycles. The van der Waals surface area contributed by atoms with Crippen molar-refractivity contribution >= 4 is 29.2 Å². The molecular weight excluding hydrogens is 351 g/mol. The van der Waals surface area contributed by atoms with E-state index in [4.69, 9.17) is 0 Å². The number of ether oxygens (including phenoxy) is 1. The number of anilines is 3. The van der Waals surface area contributed by atoms with E-state index in [0.29, 0.717) is 16.9 Å². The van der Waals surface area contributed by atoms with Gasteiger partial charge in [0.1, 0.15) is 11.5 Å². The maximum Gasteiger partial charge on any atom is 0.337 e. The number of esters is 1. The van der Waals surface area contributed by atoms with Crippen LogP contribution in [0.3, 0.4) is 0 Å². The molecule has 3 aromatic rings. The van der Waals surface area contributed by atoms with Gasteiger partial charge in [0.15, 0.2) is 0 Å². The van der Waals surface area contributed by atoms with Gasteiger partial charge in [0.2, 0.25) is 5.95 Å². The van der Waals surface area contributed by atoms with Crippen molar-refractivity contribution in [1.82, 2.24) is 9.97 Å². The van der Waals surface area contributed by atoms with Gasteiger partial charge in [0.05, 0.1) is 12.7 Å². The lowest BCUT2D eigenvalue weighted by Gasteiger charge is -2.08. The first kappa shape index (κ1) is 18.0. The summed E-state index contributed by atoms with van der Waals surface area (Å²) in [6.07, 6.45) is 1.43. The quantitative estimate of drug-likeness (QED) is 0.672. The normalized spacial score (nSPS) is 10.1. The highest BCUT2D eigenvalue weighted by Crippen LogP contribution is 2.15. The average Bonchev–Trinajstić information content (AvgIpc) is 2.69. The monoisotopic (exact) mass is 366 g/mol. The predicted molar refractivity (Wildman–Crippen MR) is 97.4 cm³/mol. The fraction of sp³-hybridized carbons (Fsp3) is 0.0526. The summed E-state index contributed by atoms with van der Waals surface area (Å²) in [4.78, 5) is 32.2.